The summed E-state index contributed by atoms with van der Waals surface area (Å²) in [4.78, 5) is 0. The van der Waals surface area contributed by atoms with Gasteiger partial charge in [-0.25, -0.2) is 0 Å². The van der Waals surface area contributed by atoms with Crippen LogP contribution in [-0.2, 0) is 0 Å². The van der Waals surface area contributed by atoms with Gasteiger partial charge in [-0.2, -0.15) is 46.8 Å². The van der Waals surface area contributed by atoms with Crippen LogP contribution in [0.25, 0.3) is 0 Å². The number of hydrogen-bond donors (Lipinski definition) is 0. The van der Waals surface area contributed by atoms with Crippen molar-refractivity contribution < 1.29 is 0 Å². The van der Waals surface area contributed by atoms with Gasteiger partial charge in [-0.05, 0) is 0 Å². The molecule has 3 aromatic carbocycles. The summed E-state index contributed by atoms with van der Waals surface area (Å²) in [6, 6.07) is 33.8. The van der Waals surface area contributed by atoms with E-state index in [9.17, 15) is 0 Å². The maximum atomic E-state index is 2.89. The second-order valence-electron chi connectivity index (χ2n) is 4.04. The van der Waals surface area contributed by atoms with Crippen molar-refractivity contribution in [2.75, 3.05) is 0 Å². The van der Waals surface area contributed by atoms with Gasteiger partial charge in [-0.1, -0.05) is 60.7 Å². The predicted octanol–water partition coefficient (Wildman–Crippen LogP) is 2.18. The van der Waals surface area contributed by atoms with E-state index in [-0.39, 0.29) is 58.4 Å². The fourth-order valence-corrected chi connectivity index (χ4v) is 2.85. The molecule has 3 aromatic rings. The molecular weight excluding hydrogens is 382 g/mol. The molecular formula is C18H16BaSi. The topological polar surface area (TPSA) is 0 Å². The molecule has 0 amide bonds. The molecule has 0 radical (unpaired) electrons. The second-order valence-corrected chi connectivity index (χ2v) is 5.67. The van der Waals surface area contributed by atoms with Crippen LogP contribution < -0.4 is 10.4 Å². The summed E-state index contributed by atoms with van der Waals surface area (Å²) < 4.78 is 0. The Morgan fingerprint density at radius 3 is 1.25 bits per heavy atom. The molecule has 0 saturated heterocycles. The largest absolute Gasteiger partial charge is 2.00 e. The van der Waals surface area contributed by atoms with Crippen molar-refractivity contribution in [2.45, 2.75) is 0 Å². The van der Waals surface area contributed by atoms with Crippen LogP contribution in [0.4, 0.5) is 0 Å². The van der Waals surface area contributed by atoms with Crippen LogP contribution in [0.1, 0.15) is 0 Å². The maximum Gasteiger partial charge on any atom is 2.00 e. The van der Waals surface area contributed by atoms with E-state index >= 15 is 0 Å². The van der Waals surface area contributed by atoms with Crippen molar-refractivity contribution >= 4 is 68.8 Å². The van der Waals surface area contributed by atoms with E-state index in [1.807, 2.05) is 30.3 Å². The van der Waals surface area contributed by atoms with Crippen LogP contribution in [0.2, 0.25) is 0 Å². The third-order valence-electron chi connectivity index (χ3n) is 2.54. The predicted molar refractivity (Wildman–Crippen MR) is 90.3 cm³/mol. The van der Waals surface area contributed by atoms with Crippen molar-refractivity contribution in [3.8, 4) is 0 Å². The van der Waals surface area contributed by atoms with E-state index in [0.717, 1.165) is 0 Å². The molecule has 0 bridgehead atoms. The van der Waals surface area contributed by atoms with Gasteiger partial charge < -0.3 is 0 Å². The Morgan fingerprint density at radius 2 is 0.950 bits per heavy atom. The van der Waals surface area contributed by atoms with Gasteiger partial charge in [-0.3, -0.25) is 9.52 Å². The fourth-order valence-electron chi connectivity index (χ4n) is 1.63. The molecule has 0 aliphatic carbocycles. The molecule has 0 saturated carbocycles. The van der Waals surface area contributed by atoms with Gasteiger partial charge in [0.15, 0.2) is 0 Å². The van der Waals surface area contributed by atoms with Gasteiger partial charge in [0.05, 0.1) is 0 Å². The molecule has 0 nitrogen and oxygen atoms in total. The summed E-state index contributed by atoms with van der Waals surface area (Å²) in [6.07, 6.45) is 0. The van der Waals surface area contributed by atoms with E-state index < -0.39 is 0 Å². The molecule has 3 rings (SSSR count). The van der Waals surface area contributed by atoms with Gasteiger partial charge in [0.25, 0.3) is 0 Å². The van der Waals surface area contributed by atoms with Gasteiger partial charge in [0.1, 0.15) is 0 Å². The van der Waals surface area contributed by atoms with Gasteiger partial charge in [0, 0.05) is 0 Å². The zero-order valence-electron chi connectivity index (χ0n) is 11.4. The quantitative estimate of drug-likeness (QED) is 0.459. The van der Waals surface area contributed by atoms with Crippen molar-refractivity contribution in [1.82, 2.24) is 0 Å². The summed E-state index contributed by atoms with van der Waals surface area (Å²) in [5.41, 5.74) is 0. The molecule has 0 aliphatic rings. The van der Waals surface area contributed by atoms with E-state index in [1.54, 1.807) is 0 Å². The zero-order chi connectivity index (χ0) is 13.2. The molecule has 0 fully saturated rings. The third kappa shape index (κ3) is 7.29. The summed E-state index contributed by atoms with van der Waals surface area (Å²) >= 11 is 0. The van der Waals surface area contributed by atoms with Gasteiger partial charge in [-0.15, -0.1) is 0 Å². The van der Waals surface area contributed by atoms with Crippen LogP contribution >= 0.6 is 0 Å². The normalized spacial score (nSPS) is 8.60. The van der Waals surface area contributed by atoms with Crippen molar-refractivity contribution in [3.05, 3.63) is 97.1 Å². The first-order chi connectivity index (χ1) is 9.45. The van der Waals surface area contributed by atoms with Crippen molar-refractivity contribution in [2.24, 2.45) is 0 Å². The Hall–Kier alpha value is -0.552. The number of rotatable bonds is 2. The van der Waals surface area contributed by atoms with Crippen molar-refractivity contribution in [1.29, 1.82) is 0 Å². The first kappa shape index (κ1) is 17.5. The minimum Gasteiger partial charge on any atom is -0.269 e. The molecule has 0 N–H and O–H groups in total. The van der Waals surface area contributed by atoms with Crippen LogP contribution in [-0.4, -0.2) is 58.4 Å². The van der Waals surface area contributed by atoms with E-state index in [1.165, 1.54) is 10.4 Å². The molecule has 94 valence electrons. The van der Waals surface area contributed by atoms with E-state index in [2.05, 4.69) is 66.7 Å². The molecule has 0 atom stereocenters. The second kappa shape index (κ2) is 11.1. The smallest absolute Gasteiger partial charge is 0.269 e. The Balaban J connectivity index is 0.000000243. The number of hydrogen-bond acceptors (Lipinski definition) is 0. The average molecular weight is 398 g/mol. The molecule has 0 aliphatic heterocycles. The third-order valence-corrected chi connectivity index (χ3v) is 3.98. The Labute approximate surface area is 164 Å². The average Bonchev–Trinajstić information content (AvgIpc) is 2.52. The molecule has 0 aromatic heterocycles. The zero-order valence-corrected chi connectivity index (χ0v) is 17.0. The van der Waals surface area contributed by atoms with Crippen molar-refractivity contribution in [3.63, 3.8) is 0 Å². The van der Waals surface area contributed by atoms with E-state index in [0.29, 0.717) is 0 Å². The standard InChI is InChI=1S/C12H11Si.C6H5.Ba/c1-3-7-11(8-4-1)13-12-9-5-2-6-10-12;1-2-4-6-5-3-1;/h1-10,13H;1-5H;/q2*-1;+2. The van der Waals surface area contributed by atoms with Crippen LogP contribution in [0, 0.1) is 6.07 Å². The maximum absolute atomic E-state index is 2.89. The molecule has 0 unspecified atom stereocenters. The Bertz CT molecular complexity index is 488. The first-order valence-corrected chi connectivity index (χ1v) is 7.46. The van der Waals surface area contributed by atoms with Crippen LogP contribution in [0.5, 0.6) is 0 Å². The minimum atomic E-state index is 0. The Morgan fingerprint density at radius 1 is 0.550 bits per heavy atom. The van der Waals surface area contributed by atoms with Gasteiger partial charge >= 0.3 is 48.9 Å². The summed E-state index contributed by atoms with van der Waals surface area (Å²) in [5.74, 6) is 0. The summed E-state index contributed by atoms with van der Waals surface area (Å²) in [6.45, 7) is 0. The van der Waals surface area contributed by atoms with Crippen LogP contribution in [0.15, 0.2) is 91.0 Å². The fraction of sp³-hybridized carbons (Fsp3) is 0. The SMILES string of the molecule is [Ba+2].[c-]1ccccc1.c1ccc([SiH-]c2ccccc2)cc1. The number of benzene rings is 3. The summed E-state index contributed by atoms with van der Waals surface area (Å²) in [5, 5.41) is 2.90. The molecule has 0 heterocycles. The Kier molecular flexibility index (Phi) is 9.75. The van der Waals surface area contributed by atoms with Gasteiger partial charge in [0.2, 0.25) is 0 Å². The summed E-state index contributed by atoms with van der Waals surface area (Å²) in [7, 11) is 0.271. The molecule has 2 heteroatoms. The molecule has 20 heavy (non-hydrogen) atoms. The van der Waals surface area contributed by atoms with E-state index in [4.69, 9.17) is 0 Å². The first-order valence-electron chi connectivity index (χ1n) is 6.31. The molecule has 0 spiro atoms. The van der Waals surface area contributed by atoms with Crippen LogP contribution in [0.3, 0.4) is 0 Å². The monoisotopic (exact) mass is 398 g/mol. The minimum absolute atomic E-state index is 0.